The van der Waals surface area contributed by atoms with Gasteiger partial charge < -0.3 is 19.8 Å². The van der Waals surface area contributed by atoms with E-state index < -0.39 is 12.1 Å². The Labute approximate surface area is 176 Å². The fourth-order valence-electron chi connectivity index (χ4n) is 3.13. The molecule has 2 amide bonds. The van der Waals surface area contributed by atoms with Crippen LogP contribution in [0.4, 0.5) is 4.79 Å². The first-order chi connectivity index (χ1) is 14.5. The lowest BCUT2D eigenvalue weighted by Gasteiger charge is -2.18. The highest BCUT2D eigenvalue weighted by Crippen LogP contribution is 2.13. The van der Waals surface area contributed by atoms with Crippen molar-refractivity contribution in [1.82, 2.24) is 10.6 Å². The monoisotopic (exact) mass is 406 g/mol. The van der Waals surface area contributed by atoms with Crippen molar-refractivity contribution in [3.8, 4) is 0 Å². The molecule has 3 rings (SSSR count). The van der Waals surface area contributed by atoms with E-state index in [1.165, 1.54) is 0 Å². The SMILES string of the molecule is Cc1cc(CNC(=O)[C@H](Cc2ccccc2)NC(=O)OCc2ccccc2)c(C)o1. The van der Waals surface area contributed by atoms with Crippen LogP contribution in [0.25, 0.3) is 0 Å². The van der Waals surface area contributed by atoms with Gasteiger partial charge in [-0.15, -0.1) is 0 Å². The third-order valence-electron chi connectivity index (χ3n) is 4.70. The van der Waals surface area contributed by atoms with Gasteiger partial charge in [0, 0.05) is 18.5 Å². The highest BCUT2D eigenvalue weighted by molar-refractivity contribution is 5.85. The minimum Gasteiger partial charge on any atom is -0.466 e. The molecule has 0 unspecified atom stereocenters. The van der Waals surface area contributed by atoms with Gasteiger partial charge in [-0.1, -0.05) is 60.7 Å². The molecule has 0 radical (unpaired) electrons. The van der Waals surface area contributed by atoms with E-state index in [-0.39, 0.29) is 12.5 Å². The fraction of sp³-hybridized carbons (Fsp3) is 0.250. The third-order valence-corrected chi connectivity index (χ3v) is 4.70. The number of rotatable bonds is 8. The first-order valence-electron chi connectivity index (χ1n) is 9.86. The number of carbonyl (C=O) groups is 2. The first kappa shape index (κ1) is 21.2. The van der Waals surface area contributed by atoms with Crippen molar-refractivity contribution in [3.05, 3.63) is 94.9 Å². The fourth-order valence-corrected chi connectivity index (χ4v) is 3.13. The molecule has 1 aromatic heterocycles. The van der Waals surface area contributed by atoms with Crippen molar-refractivity contribution in [2.45, 2.75) is 39.5 Å². The van der Waals surface area contributed by atoms with Crippen molar-refractivity contribution in [2.24, 2.45) is 0 Å². The molecule has 0 saturated heterocycles. The summed E-state index contributed by atoms with van der Waals surface area (Å²) in [6.45, 7) is 4.18. The van der Waals surface area contributed by atoms with Gasteiger partial charge in [0.1, 0.15) is 24.2 Å². The molecule has 0 fully saturated rings. The molecule has 1 atom stereocenters. The summed E-state index contributed by atoms with van der Waals surface area (Å²) in [5.74, 6) is 1.27. The van der Waals surface area contributed by atoms with E-state index in [0.717, 1.165) is 28.2 Å². The standard InChI is InChI=1S/C24H26N2O4/c1-17-13-21(18(2)30-17)15-25-23(27)22(14-19-9-5-3-6-10-19)26-24(28)29-16-20-11-7-4-8-12-20/h3-13,22H,14-16H2,1-2H3,(H,25,27)(H,26,28)/t22-/m0/s1. The van der Waals surface area contributed by atoms with E-state index in [9.17, 15) is 9.59 Å². The quantitative estimate of drug-likeness (QED) is 0.591. The number of hydrogen-bond donors (Lipinski definition) is 2. The van der Waals surface area contributed by atoms with E-state index >= 15 is 0 Å². The van der Waals surface area contributed by atoms with Gasteiger partial charge in [0.05, 0.1) is 0 Å². The van der Waals surface area contributed by atoms with Gasteiger partial charge >= 0.3 is 6.09 Å². The first-order valence-corrected chi connectivity index (χ1v) is 9.86. The van der Waals surface area contributed by atoms with Gasteiger partial charge in [0.2, 0.25) is 5.91 Å². The Morgan fingerprint density at radius 1 is 0.967 bits per heavy atom. The van der Waals surface area contributed by atoms with E-state index in [2.05, 4.69) is 10.6 Å². The van der Waals surface area contributed by atoms with Gasteiger partial charge in [-0.3, -0.25) is 4.79 Å². The maximum absolute atomic E-state index is 12.8. The Morgan fingerprint density at radius 3 is 2.20 bits per heavy atom. The van der Waals surface area contributed by atoms with E-state index in [1.54, 1.807) is 0 Å². The molecule has 30 heavy (non-hydrogen) atoms. The average Bonchev–Trinajstić information content (AvgIpc) is 3.08. The minimum atomic E-state index is -0.760. The number of amides is 2. The highest BCUT2D eigenvalue weighted by Gasteiger charge is 2.22. The molecule has 2 N–H and O–H groups in total. The molecule has 6 heteroatoms. The maximum Gasteiger partial charge on any atom is 0.408 e. The van der Waals surface area contributed by atoms with Crippen LogP contribution in [0, 0.1) is 13.8 Å². The number of ether oxygens (including phenoxy) is 1. The topological polar surface area (TPSA) is 80.6 Å². The zero-order valence-electron chi connectivity index (χ0n) is 17.2. The van der Waals surface area contributed by atoms with Gasteiger partial charge in [-0.25, -0.2) is 4.79 Å². The normalized spacial score (nSPS) is 11.5. The van der Waals surface area contributed by atoms with Gasteiger partial charge in [0.25, 0.3) is 0 Å². The second-order valence-corrected chi connectivity index (χ2v) is 7.10. The predicted octanol–water partition coefficient (Wildman–Crippen LogP) is 4.05. The molecule has 0 bridgehead atoms. The molecular formula is C24H26N2O4. The van der Waals surface area contributed by atoms with Crippen molar-refractivity contribution in [1.29, 1.82) is 0 Å². The Kier molecular flexibility index (Phi) is 7.27. The highest BCUT2D eigenvalue weighted by atomic mass is 16.5. The van der Waals surface area contributed by atoms with Crippen LogP contribution in [-0.2, 0) is 29.1 Å². The van der Waals surface area contributed by atoms with Crippen LogP contribution in [-0.4, -0.2) is 18.0 Å². The number of nitrogens with one attached hydrogen (secondary N) is 2. The minimum absolute atomic E-state index is 0.139. The second-order valence-electron chi connectivity index (χ2n) is 7.10. The molecule has 3 aromatic rings. The van der Waals surface area contributed by atoms with Crippen LogP contribution >= 0.6 is 0 Å². The van der Waals surface area contributed by atoms with Crippen LogP contribution < -0.4 is 10.6 Å². The predicted molar refractivity (Wildman–Crippen MR) is 114 cm³/mol. The zero-order chi connectivity index (χ0) is 21.3. The smallest absolute Gasteiger partial charge is 0.408 e. The van der Waals surface area contributed by atoms with Crippen molar-refractivity contribution in [2.75, 3.05) is 0 Å². The van der Waals surface area contributed by atoms with E-state index in [4.69, 9.17) is 9.15 Å². The summed E-state index contributed by atoms with van der Waals surface area (Å²) in [5.41, 5.74) is 2.73. The Balaban J connectivity index is 1.62. The number of hydrogen-bond acceptors (Lipinski definition) is 4. The van der Waals surface area contributed by atoms with Crippen LogP contribution in [0.3, 0.4) is 0 Å². The maximum atomic E-state index is 12.8. The number of aryl methyl sites for hydroxylation is 2. The van der Waals surface area contributed by atoms with Gasteiger partial charge in [-0.05, 0) is 31.0 Å². The number of alkyl carbamates (subject to hydrolysis) is 1. The molecule has 156 valence electrons. The molecule has 0 aliphatic carbocycles. The van der Waals surface area contributed by atoms with Crippen LogP contribution in [0.15, 0.2) is 71.1 Å². The molecule has 1 heterocycles. The third kappa shape index (κ3) is 6.24. The van der Waals surface area contributed by atoms with Crippen molar-refractivity contribution in [3.63, 3.8) is 0 Å². The Bertz CT molecular complexity index is 967. The molecule has 0 saturated carbocycles. The summed E-state index contributed by atoms with van der Waals surface area (Å²) in [7, 11) is 0. The molecular weight excluding hydrogens is 380 g/mol. The Morgan fingerprint density at radius 2 is 1.60 bits per heavy atom. The van der Waals surface area contributed by atoms with Crippen molar-refractivity contribution < 1.29 is 18.7 Å². The summed E-state index contributed by atoms with van der Waals surface area (Å²) in [6, 6.07) is 20.1. The summed E-state index contributed by atoms with van der Waals surface area (Å²) in [6.07, 6.45) is -0.276. The van der Waals surface area contributed by atoms with Crippen LogP contribution in [0.5, 0.6) is 0 Å². The van der Waals surface area contributed by atoms with Gasteiger partial charge in [-0.2, -0.15) is 0 Å². The number of carbonyl (C=O) groups excluding carboxylic acids is 2. The lowest BCUT2D eigenvalue weighted by atomic mass is 10.1. The lowest BCUT2D eigenvalue weighted by molar-refractivity contribution is -0.123. The summed E-state index contributed by atoms with van der Waals surface area (Å²) >= 11 is 0. The van der Waals surface area contributed by atoms with Crippen molar-refractivity contribution >= 4 is 12.0 Å². The zero-order valence-corrected chi connectivity index (χ0v) is 17.2. The van der Waals surface area contributed by atoms with E-state index in [1.807, 2.05) is 80.6 Å². The van der Waals surface area contributed by atoms with Crippen LogP contribution in [0.2, 0.25) is 0 Å². The largest absolute Gasteiger partial charge is 0.466 e. The lowest BCUT2D eigenvalue weighted by Crippen LogP contribution is -2.48. The van der Waals surface area contributed by atoms with Gasteiger partial charge in [0.15, 0.2) is 0 Å². The molecule has 2 aromatic carbocycles. The molecule has 0 spiro atoms. The number of benzene rings is 2. The average molecular weight is 406 g/mol. The second kappa shape index (κ2) is 10.3. The molecule has 0 aliphatic heterocycles. The summed E-state index contributed by atoms with van der Waals surface area (Å²) in [4.78, 5) is 25.2. The molecule has 0 aliphatic rings. The summed E-state index contributed by atoms with van der Waals surface area (Å²) in [5, 5.41) is 5.58. The van der Waals surface area contributed by atoms with Crippen LogP contribution in [0.1, 0.15) is 28.2 Å². The van der Waals surface area contributed by atoms with E-state index in [0.29, 0.717) is 13.0 Å². The molecule has 6 nitrogen and oxygen atoms in total. The number of furan rings is 1. The summed E-state index contributed by atoms with van der Waals surface area (Å²) < 4.78 is 10.8. The Hall–Kier alpha value is -3.54.